The van der Waals surface area contributed by atoms with Gasteiger partial charge in [0.25, 0.3) is 5.91 Å². The minimum Gasteiger partial charge on any atom is -0.497 e. The van der Waals surface area contributed by atoms with Crippen LogP contribution in [-0.2, 0) is 49.5 Å². The molecule has 2 aliphatic heterocycles. The third kappa shape index (κ3) is 12.9. The Hall–Kier alpha value is -5.26. The molecule has 0 radical (unpaired) electrons. The molecule has 2 aliphatic rings. The van der Waals surface area contributed by atoms with E-state index in [0.717, 1.165) is 4.90 Å². The maximum Gasteiger partial charge on any atom is 0.328 e. The topological polar surface area (TPSA) is 234 Å². The summed E-state index contributed by atoms with van der Waals surface area (Å²) in [5.41, 5.74) is 3.64. The molecule has 1 aromatic carbocycles. The maximum absolute atomic E-state index is 14.5. The average molecular weight is 829 g/mol. The Bertz CT molecular complexity index is 1660. The Labute approximate surface area is 347 Å². The smallest absolute Gasteiger partial charge is 0.328 e. The normalized spacial score (nSPS) is 26.5. The first kappa shape index (κ1) is 48.1. The third-order valence-electron chi connectivity index (χ3n) is 10.9. The van der Waals surface area contributed by atoms with Gasteiger partial charge >= 0.3 is 5.97 Å². The number of carbonyl (C=O) groups excluding carboxylic acids is 8. The first-order valence-corrected chi connectivity index (χ1v) is 20.4. The van der Waals surface area contributed by atoms with Gasteiger partial charge in [-0.3, -0.25) is 38.6 Å². The van der Waals surface area contributed by atoms with Crippen molar-refractivity contribution in [1.82, 2.24) is 41.9 Å². The number of cyclic esters (lactones) is 1. The van der Waals surface area contributed by atoms with Crippen LogP contribution in [0.1, 0.15) is 86.6 Å². The summed E-state index contributed by atoms with van der Waals surface area (Å²) in [6.07, 6.45) is 0.382. The first-order valence-electron chi connectivity index (χ1n) is 20.4. The molecule has 1 aromatic rings. The van der Waals surface area contributed by atoms with E-state index in [9.17, 15) is 38.4 Å². The van der Waals surface area contributed by atoms with Crippen LogP contribution in [0.5, 0.6) is 5.75 Å². The molecule has 6 N–H and O–H groups in total. The van der Waals surface area contributed by atoms with E-state index in [1.165, 1.54) is 33.0 Å². The molecule has 2 saturated heterocycles. The average Bonchev–Trinajstić information content (AvgIpc) is 3.21. The minimum atomic E-state index is -1.61. The predicted molar refractivity (Wildman–Crippen MR) is 217 cm³/mol. The fourth-order valence-electron chi connectivity index (χ4n) is 6.96. The number of hydrogen-bond donors (Lipinski definition) is 6. The van der Waals surface area contributed by atoms with E-state index in [2.05, 4.69) is 32.0 Å². The zero-order chi connectivity index (χ0) is 44.1. The van der Waals surface area contributed by atoms with Gasteiger partial charge in [0.15, 0.2) is 0 Å². The number of nitrogens with zero attached hydrogens (tertiary/aromatic N) is 2. The molecule has 2 heterocycles. The van der Waals surface area contributed by atoms with E-state index >= 15 is 0 Å². The Morgan fingerprint density at radius 1 is 0.932 bits per heavy atom. The van der Waals surface area contributed by atoms with Crippen molar-refractivity contribution in [2.45, 2.75) is 136 Å². The van der Waals surface area contributed by atoms with Crippen molar-refractivity contribution in [2.24, 2.45) is 17.8 Å². The van der Waals surface area contributed by atoms with Gasteiger partial charge in [0.2, 0.25) is 35.9 Å². The Morgan fingerprint density at radius 3 is 2.15 bits per heavy atom. The van der Waals surface area contributed by atoms with Crippen LogP contribution < -0.4 is 36.7 Å². The maximum atomic E-state index is 14.5. The number of amides is 7. The van der Waals surface area contributed by atoms with Crippen molar-refractivity contribution in [2.75, 3.05) is 20.7 Å². The van der Waals surface area contributed by atoms with Gasteiger partial charge < -0.3 is 41.0 Å². The molecule has 328 valence electrons. The van der Waals surface area contributed by atoms with Gasteiger partial charge in [-0.05, 0) is 68.6 Å². The van der Waals surface area contributed by atoms with Crippen LogP contribution in [-0.4, -0.2) is 127 Å². The van der Waals surface area contributed by atoms with Crippen molar-refractivity contribution >= 4 is 47.8 Å². The SMILES string of the molecule is CCC(C)C1NC(=O)C(Cc2ccc(OC)cc2)NC(=O)C(NC(=O)C(NC=O)C(C)C)C(C)OC(=O)C(C)N(C)C(=O)C(CC(C)C)NC(=O)C2CCCNN2C1=O. The highest BCUT2D eigenvalue weighted by molar-refractivity contribution is 5.98. The first-order chi connectivity index (χ1) is 27.8. The summed E-state index contributed by atoms with van der Waals surface area (Å²) in [6, 6.07) is -1.77. The van der Waals surface area contributed by atoms with Crippen LogP contribution in [0.15, 0.2) is 24.3 Å². The van der Waals surface area contributed by atoms with E-state index in [4.69, 9.17) is 9.47 Å². The van der Waals surface area contributed by atoms with E-state index < -0.39 is 102 Å². The van der Waals surface area contributed by atoms with E-state index in [1.54, 1.807) is 45.0 Å². The quantitative estimate of drug-likeness (QED) is 0.124. The molecular formula is C41H64N8O10. The summed E-state index contributed by atoms with van der Waals surface area (Å²) in [4.78, 5) is 111. The van der Waals surface area contributed by atoms with Crippen LogP contribution >= 0.6 is 0 Å². The number of carbonyl (C=O) groups is 8. The highest BCUT2D eigenvalue weighted by Gasteiger charge is 2.42. The van der Waals surface area contributed by atoms with Crippen LogP contribution in [0.3, 0.4) is 0 Å². The summed E-state index contributed by atoms with van der Waals surface area (Å²) in [5, 5.41) is 14.7. The van der Waals surface area contributed by atoms with Gasteiger partial charge in [-0.2, -0.15) is 0 Å². The lowest BCUT2D eigenvalue weighted by Gasteiger charge is -2.39. The molecule has 18 nitrogen and oxygen atoms in total. The van der Waals surface area contributed by atoms with Crippen LogP contribution in [0.25, 0.3) is 0 Å². The molecule has 7 amide bonds. The predicted octanol–water partition coefficient (Wildman–Crippen LogP) is 0.328. The lowest BCUT2D eigenvalue weighted by Crippen LogP contribution is -2.66. The van der Waals surface area contributed by atoms with Crippen LogP contribution in [0.2, 0.25) is 0 Å². The monoisotopic (exact) mass is 828 g/mol. The van der Waals surface area contributed by atoms with Crippen molar-refractivity contribution < 1.29 is 47.8 Å². The highest BCUT2D eigenvalue weighted by atomic mass is 16.5. The fraction of sp³-hybridized carbons (Fsp3) is 0.659. The Kier molecular flexibility index (Phi) is 18.1. The summed E-state index contributed by atoms with van der Waals surface area (Å²) in [6.45, 7) is 13.9. The van der Waals surface area contributed by atoms with E-state index in [0.29, 0.717) is 37.1 Å². The van der Waals surface area contributed by atoms with Gasteiger partial charge in [-0.25, -0.2) is 10.2 Å². The molecule has 0 saturated carbocycles. The molecule has 0 spiro atoms. The number of nitrogens with one attached hydrogen (secondary N) is 6. The van der Waals surface area contributed by atoms with Gasteiger partial charge in [-0.15, -0.1) is 0 Å². The number of likely N-dealkylation sites (N-methyl/N-ethyl adjacent to an activating group) is 1. The van der Waals surface area contributed by atoms with Gasteiger partial charge in [-0.1, -0.05) is 60.1 Å². The second-order valence-corrected chi connectivity index (χ2v) is 16.2. The minimum absolute atomic E-state index is 0.0640. The summed E-state index contributed by atoms with van der Waals surface area (Å²) in [7, 11) is 2.89. The molecule has 2 fully saturated rings. The van der Waals surface area contributed by atoms with Crippen molar-refractivity contribution in [3.63, 3.8) is 0 Å². The molecule has 0 aromatic heterocycles. The number of rotatable bonds is 12. The zero-order valence-corrected chi connectivity index (χ0v) is 36.0. The highest BCUT2D eigenvalue weighted by Crippen LogP contribution is 2.20. The van der Waals surface area contributed by atoms with E-state index in [1.807, 2.05) is 20.8 Å². The van der Waals surface area contributed by atoms with Gasteiger partial charge in [0, 0.05) is 20.0 Å². The van der Waals surface area contributed by atoms with E-state index in [-0.39, 0.29) is 25.2 Å². The van der Waals surface area contributed by atoms with Crippen molar-refractivity contribution in [3.8, 4) is 5.75 Å². The molecular weight excluding hydrogens is 764 g/mol. The van der Waals surface area contributed by atoms with Crippen LogP contribution in [0.4, 0.5) is 0 Å². The van der Waals surface area contributed by atoms with Crippen molar-refractivity contribution in [1.29, 1.82) is 0 Å². The van der Waals surface area contributed by atoms with Crippen LogP contribution in [0, 0.1) is 17.8 Å². The Morgan fingerprint density at radius 2 is 1.58 bits per heavy atom. The molecule has 18 heteroatoms. The standard InChI is InChI=1S/C41H64N8O10/c1-11-24(6)33-40(56)49-31(13-12-18-43-49)36(52)45-30(19-22(2)3)39(55)48(9)25(7)41(57)59-26(8)34(47-37(53)32(23(4)5)42-21-50)38(54)44-29(35(51)46-33)20-27-14-16-28(58-10)17-15-27/h14-17,21-26,29-34,43H,11-13,18-20H2,1-10H3,(H,42,50)(H,44,54)(H,45,52)(H,46,51)(H,47,53). The van der Waals surface area contributed by atoms with Gasteiger partial charge in [0.05, 0.1) is 7.11 Å². The largest absolute Gasteiger partial charge is 0.497 e. The second kappa shape index (κ2) is 22.2. The molecule has 3 rings (SSSR count). The lowest BCUT2D eigenvalue weighted by molar-refractivity contribution is -0.161. The van der Waals surface area contributed by atoms with Crippen molar-refractivity contribution in [3.05, 3.63) is 29.8 Å². The number of fused-ring (bicyclic) bond motifs is 1. The number of ether oxygens (including phenoxy) is 2. The number of hydrazine groups is 1. The third-order valence-corrected chi connectivity index (χ3v) is 10.9. The molecule has 0 bridgehead atoms. The summed E-state index contributed by atoms with van der Waals surface area (Å²) >= 11 is 0. The summed E-state index contributed by atoms with van der Waals surface area (Å²) in [5.74, 6) is -5.45. The number of hydrogen-bond acceptors (Lipinski definition) is 11. The fourth-order valence-corrected chi connectivity index (χ4v) is 6.96. The molecule has 59 heavy (non-hydrogen) atoms. The Balaban J connectivity index is 2.21. The zero-order valence-electron chi connectivity index (χ0n) is 36.0. The number of methoxy groups -OCH3 is 1. The number of esters is 1. The molecule has 0 aliphatic carbocycles. The van der Waals surface area contributed by atoms with Gasteiger partial charge in [0.1, 0.15) is 54.1 Å². The summed E-state index contributed by atoms with van der Waals surface area (Å²) < 4.78 is 11.0. The molecule has 9 unspecified atom stereocenters. The second-order valence-electron chi connectivity index (χ2n) is 16.2. The molecule has 9 atom stereocenters. The lowest BCUT2D eigenvalue weighted by atomic mass is 9.95. The number of benzene rings is 1.